The molecule has 3 rings (SSSR count). The molecule has 0 bridgehead atoms. The van der Waals surface area contributed by atoms with Crippen LogP contribution in [0.3, 0.4) is 0 Å². The van der Waals surface area contributed by atoms with Gasteiger partial charge in [0.25, 0.3) is 0 Å². The number of carbonyl (C=O) groups is 1. The van der Waals surface area contributed by atoms with Gasteiger partial charge in [-0.1, -0.05) is 30.3 Å². The van der Waals surface area contributed by atoms with Gasteiger partial charge in [0.15, 0.2) is 11.5 Å². The molecular formula is C20H21NO3. The van der Waals surface area contributed by atoms with Gasteiger partial charge in [0.1, 0.15) is 0 Å². The van der Waals surface area contributed by atoms with Gasteiger partial charge >= 0.3 is 0 Å². The average Bonchev–Trinajstić information content (AvgIpc) is 2.61. The minimum absolute atomic E-state index is 0.0761. The fourth-order valence-electron chi connectivity index (χ4n) is 2.94. The van der Waals surface area contributed by atoms with Crippen molar-refractivity contribution in [3.8, 4) is 11.5 Å². The second-order valence-corrected chi connectivity index (χ2v) is 5.80. The predicted molar refractivity (Wildman–Crippen MR) is 94.5 cm³/mol. The Hall–Kier alpha value is -2.75. The Morgan fingerprint density at radius 2 is 1.88 bits per heavy atom. The number of fused-ring (bicyclic) bond motifs is 1. The number of methoxy groups -OCH3 is 2. The van der Waals surface area contributed by atoms with Crippen LogP contribution in [-0.4, -0.2) is 26.7 Å². The second kappa shape index (κ2) is 7.21. The summed E-state index contributed by atoms with van der Waals surface area (Å²) in [4.78, 5) is 12.0. The number of benzene rings is 2. The van der Waals surface area contributed by atoms with Crippen LogP contribution in [0.1, 0.15) is 22.6 Å². The summed E-state index contributed by atoms with van der Waals surface area (Å²) in [6.45, 7) is 0.625. The van der Waals surface area contributed by atoms with E-state index in [2.05, 4.69) is 5.32 Å². The Morgan fingerprint density at radius 3 is 2.58 bits per heavy atom. The maximum atomic E-state index is 12.0. The van der Waals surface area contributed by atoms with Gasteiger partial charge in [0.2, 0.25) is 5.91 Å². The zero-order valence-electron chi connectivity index (χ0n) is 13.9. The molecule has 0 saturated heterocycles. The molecule has 1 atom stereocenters. The van der Waals surface area contributed by atoms with E-state index in [0.29, 0.717) is 12.5 Å². The maximum absolute atomic E-state index is 12.0. The summed E-state index contributed by atoms with van der Waals surface area (Å²) >= 11 is 0. The van der Waals surface area contributed by atoms with Gasteiger partial charge in [0.05, 0.1) is 14.2 Å². The van der Waals surface area contributed by atoms with Crippen molar-refractivity contribution in [1.29, 1.82) is 0 Å². The summed E-state index contributed by atoms with van der Waals surface area (Å²) in [5.41, 5.74) is 3.49. The Labute approximate surface area is 142 Å². The van der Waals surface area contributed by atoms with Crippen molar-refractivity contribution in [2.24, 2.45) is 0 Å². The van der Waals surface area contributed by atoms with Crippen LogP contribution in [0.2, 0.25) is 0 Å². The largest absolute Gasteiger partial charge is 0.493 e. The molecule has 0 fully saturated rings. The fraction of sp³-hybridized carbons (Fsp3) is 0.250. The second-order valence-electron chi connectivity index (χ2n) is 5.80. The lowest BCUT2D eigenvalue weighted by molar-refractivity contribution is -0.116. The Bertz CT molecular complexity index is 753. The third-order valence-corrected chi connectivity index (χ3v) is 4.30. The van der Waals surface area contributed by atoms with Gasteiger partial charge in [-0.3, -0.25) is 4.79 Å². The van der Waals surface area contributed by atoms with Gasteiger partial charge in [-0.25, -0.2) is 0 Å². The molecule has 0 aromatic heterocycles. The number of amides is 1. The number of rotatable bonds is 6. The highest BCUT2D eigenvalue weighted by Crippen LogP contribution is 2.41. The van der Waals surface area contributed by atoms with Crippen LogP contribution >= 0.6 is 0 Å². The van der Waals surface area contributed by atoms with Gasteiger partial charge in [-0.2, -0.15) is 0 Å². The molecule has 24 heavy (non-hydrogen) atoms. The van der Waals surface area contributed by atoms with Gasteiger partial charge in [-0.05, 0) is 41.3 Å². The van der Waals surface area contributed by atoms with Crippen molar-refractivity contribution in [2.45, 2.75) is 12.3 Å². The van der Waals surface area contributed by atoms with E-state index in [1.54, 1.807) is 20.3 Å². The number of hydrogen-bond donors (Lipinski definition) is 1. The molecule has 0 unspecified atom stereocenters. The molecule has 2 aromatic carbocycles. The van der Waals surface area contributed by atoms with Gasteiger partial charge in [-0.15, -0.1) is 0 Å². The van der Waals surface area contributed by atoms with Crippen molar-refractivity contribution in [2.75, 3.05) is 20.8 Å². The number of ether oxygens (including phenoxy) is 2. The standard InChI is InChI=1S/C20H21NO3/c1-23-18-11-15-10-16(17(15)12-19(18)24-2)13-21-20(22)9-8-14-6-4-3-5-7-14/h3-9,11-12,16H,10,13H2,1-2H3,(H,21,22)/b9-8-/t16-/m0/s1. The highest BCUT2D eigenvalue weighted by atomic mass is 16.5. The normalized spacial score (nSPS) is 15.5. The van der Waals surface area contributed by atoms with Crippen molar-refractivity contribution >= 4 is 12.0 Å². The molecule has 0 heterocycles. The zero-order valence-corrected chi connectivity index (χ0v) is 13.9. The van der Waals surface area contributed by atoms with Crippen molar-refractivity contribution in [3.63, 3.8) is 0 Å². The Kier molecular flexibility index (Phi) is 4.85. The van der Waals surface area contributed by atoms with E-state index in [0.717, 1.165) is 23.5 Å². The van der Waals surface area contributed by atoms with Crippen LogP contribution in [-0.2, 0) is 11.2 Å². The molecule has 0 spiro atoms. The molecule has 1 aliphatic carbocycles. The smallest absolute Gasteiger partial charge is 0.244 e. The minimum atomic E-state index is -0.0761. The first-order chi connectivity index (χ1) is 11.7. The SMILES string of the molecule is COc1cc2c(cc1OC)[C@H](CNC(=O)/C=C\c1ccccc1)C2. The van der Waals surface area contributed by atoms with Gasteiger partial charge < -0.3 is 14.8 Å². The highest BCUT2D eigenvalue weighted by molar-refractivity contribution is 5.91. The van der Waals surface area contributed by atoms with E-state index in [-0.39, 0.29) is 5.91 Å². The monoisotopic (exact) mass is 323 g/mol. The summed E-state index contributed by atoms with van der Waals surface area (Å²) in [7, 11) is 3.27. The third kappa shape index (κ3) is 3.43. The van der Waals surface area contributed by atoms with Crippen LogP contribution in [0.15, 0.2) is 48.5 Å². The molecular weight excluding hydrogens is 302 g/mol. The Morgan fingerprint density at radius 1 is 1.17 bits per heavy atom. The van der Waals surface area contributed by atoms with Crippen LogP contribution in [0.25, 0.3) is 6.08 Å². The topological polar surface area (TPSA) is 47.6 Å². The molecule has 0 radical (unpaired) electrons. The van der Waals surface area contributed by atoms with E-state index in [9.17, 15) is 4.79 Å². The maximum Gasteiger partial charge on any atom is 0.244 e. The van der Waals surface area contributed by atoms with Crippen LogP contribution in [0.5, 0.6) is 11.5 Å². The van der Waals surface area contributed by atoms with E-state index < -0.39 is 0 Å². The fourth-order valence-corrected chi connectivity index (χ4v) is 2.94. The summed E-state index contributed by atoms with van der Waals surface area (Å²) < 4.78 is 10.7. The molecule has 0 saturated carbocycles. The van der Waals surface area contributed by atoms with Crippen molar-refractivity contribution in [1.82, 2.24) is 5.32 Å². The molecule has 1 amide bonds. The van der Waals surface area contributed by atoms with Crippen LogP contribution < -0.4 is 14.8 Å². The van der Waals surface area contributed by atoms with Crippen molar-refractivity contribution in [3.05, 3.63) is 65.2 Å². The van der Waals surface area contributed by atoms with Crippen molar-refractivity contribution < 1.29 is 14.3 Å². The lowest BCUT2D eigenvalue weighted by Crippen LogP contribution is -2.32. The predicted octanol–water partition coefficient (Wildman–Crippen LogP) is 3.17. The summed E-state index contributed by atoms with van der Waals surface area (Å²) in [6, 6.07) is 13.8. The number of hydrogen-bond acceptors (Lipinski definition) is 3. The van der Waals surface area contributed by atoms with Crippen LogP contribution in [0, 0.1) is 0 Å². The third-order valence-electron chi connectivity index (χ3n) is 4.30. The first-order valence-corrected chi connectivity index (χ1v) is 7.97. The highest BCUT2D eigenvalue weighted by Gasteiger charge is 2.28. The molecule has 0 aliphatic heterocycles. The molecule has 2 aromatic rings. The lowest BCUT2D eigenvalue weighted by atomic mass is 9.77. The molecule has 1 N–H and O–H groups in total. The molecule has 4 heteroatoms. The molecule has 4 nitrogen and oxygen atoms in total. The quantitative estimate of drug-likeness (QED) is 0.831. The van der Waals surface area contributed by atoms with E-state index >= 15 is 0 Å². The first-order valence-electron chi connectivity index (χ1n) is 7.97. The summed E-state index contributed by atoms with van der Waals surface area (Å²) in [6.07, 6.45) is 4.33. The van der Waals surface area contributed by atoms with Crippen LogP contribution in [0.4, 0.5) is 0 Å². The average molecular weight is 323 g/mol. The van der Waals surface area contributed by atoms with E-state index in [1.807, 2.05) is 48.5 Å². The summed E-state index contributed by atoms with van der Waals surface area (Å²) in [5.74, 6) is 1.74. The summed E-state index contributed by atoms with van der Waals surface area (Å²) in [5, 5.41) is 2.96. The number of carbonyl (C=O) groups excluding carboxylic acids is 1. The van der Waals surface area contributed by atoms with E-state index in [1.165, 1.54) is 11.1 Å². The molecule has 1 aliphatic rings. The molecule has 124 valence electrons. The van der Waals surface area contributed by atoms with Gasteiger partial charge in [0, 0.05) is 18.5 Å². The number of nitrogens with one attached hydrogen (secondary N) is 1. The first kappa shape index (κ1) is 16.1. The minimum Gasteiger partial charge on any atom is -0.493 e. The van der Waals surface area contributed by atoms with E-state index in [4.69, 9.17) is 9.47 Å². The Balaban J connectivity index is 1.57. The lowest BCUT2D eigenvalue weighted by Gasteiger charge is -2.31. The zero-order chi connectivity index (χ0) is 16.9.